The van der Waals surface area contributed by atoms with Gasteiger partial charge in [0.25, 0.3) is 0 Å². The zero-order chi connectivity index (χ0) is 20.1. The Morgan fingerprint density at radius 2 is 1.79 bits per heavy atom. The number of benzene rings is 2. The summed E-state index contributed by atoms with van der Waals surface area (Å²) >= 11 is 0. The van der Waals surface area contributed by atoms with Crippen molar-refractivity contribution in [3.63, 3.8) is 0 Å². The fourth-order valence-electron chi connectivity index (χ4n) is 2.93. The Morgan fingerprint density at radius 3 is 2.43 bits per heavy atom. The Labute approximate surface area is 162 Å². The van der Waals surface area contributed by atoms with Gasteiger partial charge in [-0.25, -0.2) is 0 Å². The van der Waals surface area contributed by atoms with Crippen molar-refractivity contribution in [2.45, 2.75) is 25.7 Å². The second kappa shape index (κ2) is 8.88. The Balaban J connectivity index is 1.51. The number of rotatable bonds is 9. The SMILES string of the molecule is COc1cc(CNC(=O)C2CN2Cc2cccc(OC(F)F)c2)cc(OC)c1. The third-order valence-electron chi connectivity index (χ3n) is 4.40. The number of hydrogen-bond acceptors (Lipinski definition) is 5. The predicted octanol–water partition coefficient (Wildman–Crippen LogP) is 2.81. The zero-order valence-electron chi connectivity index (χ0n) is 15.7. The maximum Gasteiger partial charge on any atom is 0.387 e. The summed E-state index contributed by atoms with van der Waals surface area (Å²) in [5.74, 6) is 1.34. The van der Waals surface area contributed by atoms with Gasteiger partial charge in [0.1, 0.15) is 23.3 Å². The van der Waals surface area contributed by atoms with E-state index < -0.39 is 6.61 Å². The highest BCUT2D eigenvalue weighted by atomic mass is 19.3. The summed E-state index contributed by atoms with van der Waals surface area (Å²) < 4.78 is 39.5. The molecule has 0 radical (unpaired) electrons. The van der Waals surface area contributed by atoms with Crippen molar-refractivity contribution in [2.75, 3.05) is 20.8 Å². The molecule has 3 rings (SSSR count). The molecule has 1 aliphatic heterocycles. The molecule has 1 amide bonds. The average Bonchev–Trinajstić information content (AvgIpc) is 3.44. The van der Waals surface area contributed by atoms with Crippen LogP contribution in [-0.2, 0) is 17.9 Å². The molecule has 150 valence electrons. The maximum absolute atomic E-state index is 12.4. The molecule has 2 unspecified atom stereocenters. The van der Waals surface area contributed by atoms with E-state index in [2.05, 4.69) is 10.1 Å². The number of ether oxygens (including phenoxy) is 3. The number of nitrogens with one attached hydrogen (secondary N) is 1. The van der Waals surface area contributed by atoms with Gasteiger partial charge in [-0.3, -0.25) is 9.69 Å². The Bertz CT molecular complexity index is 809. The van der Waals surface area contributed by atoms with Crippen LogP contribution in [0.3, 0.4) is 0 Å². The largest absolute Gasteiger partial charge is 0.497 e. The molecule has 2 aromatic rings. The van der Waals surface area contributed by atoms with Gasteiger partial charge >= 0.3 is 6.61 Å². The molecule has 1 aliphatic rings. The van der Waals surface area contributed by atoms with Gasteiger partial charge in [0.05, 0.1) is 14.2 Å². The van der Waals surface area contributed by atoms with Gasteiger partial charge in [-0.05, 0) is 35.4 Å². The summed E-state index contributed by atoms with van der Waals surface area (Å²) in [4.78, 5) is 14.3. The van der Waals surface area contributed by atoms with E-state index in [1.54, 1.807) is 32.4 Å². The highest BCUT2D eigenvalue weighted by molar-refractivity contribution is 5.84. The summed E-state index contributed by atoms with van der Waals surface area (Å²) in [5.41, 5.74) is 1.68. The fourth-order valence-corrected chi connectivity index (χ4v) is 2.93. The number of nitrogens with zero attached hydrogens (tertiary/aromatic N) is 1. The van der Waals surface area contributed by atoms with Gasteiger partial charge in [0, 0.05) is 25.7 Å². The van der Waals surface area contributed by atoms with E-state index in [4.69, 9.17) is 9.47 Å². The molecule has 8 heteroatoms. The van der Waals surface area contributed by atoms with Crippen molar-refractivity contribution < 1.29 is 27.8 Å². The van der Waals surface area contributed by atoms with Crippen molar-refractivity contribution in [3.05, 3.63) is 53.6 Å². The van der Waals surface area contributed by atoms with E-state index in [1.165, 1.54) is 6.07 Å². The first kappa shape index (κ1) is 19.9. The van der Waals surface area contributed by atoms with Crippen LogP contribution >= 0.6 is 0 Å². The second-order valence-electron chi connectivity index (χ2n) is 6.41. The lowest BCUT2D eigenvalue weighted by Gasteiger charge is -2.10. The Kier molecular flexibility index (Phi) is 6.30. The van der Waals surface area contributed by atoms with Crippen LogP contribution in [0.5, 0.6) is 17.2 Å². The predicted molar refractivity (Wildman–Crippen MR) is 98.7 cm³/mol. The molecule has 0 spiro atoms. The minimum absolute atomic E-state index is 0.0817. The van der Waals surface area contributed by atoms with Gasteiger partial charge in [-0.15, -0.1) is 0 Å². The van der Waals surface area contributed by atoms with Crippen molar-refractivity contribution in [3.8, 4) is 17.2 Å². The van der Waals surface area contributed by atoms with Gasteiger partial charge in [0.2, 0.25) is 5.91 Å². The molecular weight excluding hydrogens is 370 g/mol. The number of hydrogen-bond donors (Lipinski definition) is 1. The Morgan fingerprint density at radius 1 is 1.11 bits per heavy atom. The number of amides is 1. The first-order valence-corrected chi connectivity index (χ1v) is 8.76. The van der Waals surface area contributed by atoms with E-state index in [0.717, 1.165) is 11.1 Å². The van der Waals surface area contributed by atoms with E-state index in [1.807, 2.05) is 23.1 Å². The molecule has 1 heterocycles. The van der Waals surface area contributed by atoms with Crippen LogP contribution in [0, 0.1) is 0 Å². The number of carbonyl (C=O) groups excluding carboxylic acids is 1. The van der Waals surface area contributed by atoms with Gasteiger partial charge in [-0.2, -0.15) is 8.78 Å². The normalized spacial score (nSPS) is 17.9. The van der Waals surface area contributed by atoms with E-state index >= 15 is 0 Å². The summed E-state index contributed by atoms with van der Waals surface area (Å²) in [7, 11) is 3.14. The van der Waals surface area contributed by atoms with E-state index in [9.17, 15) is 13.6 Å². The van der Waals surface area contributed by atoms with Crippen molar-refractivity contribution in [1.29, 1.82) is 0 Å². The fraction of sp³-hybridized carbons (Fsp3) is 0.350. The molecule has 2 aromatic carbocycles. The topological polar surface area (TPSA) is 59.8 Å². The lowest BCUT2D eigenvalue weighted by atomic mass is 10.2. The minimum atomic E-state index is -2.86. The number of halogens is 2. The third-order valence-corrected chi connectivity index (χ3v) is 4.40. The first-order chi connectivity index (χ1) is 13.5. The molecule has 2 atom stereocenters. The monoisotopic (exact) mass is 392 g/mol. The molecule has 6 nitrogen and oxygen atoms in total. The number of carbonyl (C=O) groups is 1. The molecule has 0 aliphatic carbocycles. The summed E-state index contributed by atoms with van der Waals surface area (Å²) in [6.07, 6.45) is 0. The molecule has 28 heavy (non-hydrogen) atoms. The van der Waals surface area contributed by atoms with E-state index in [-0.39, 0.29) is 17.7 Å². The van der Waals surface area contributed by atoms with Gasteiger partial charge < -0.3 is 19.5 Å². The van der Waals surface area contributed by atoms with Crippen molar-refractivity contribution in [1.82, 2.24) is 10.2 Å². The molecule has 1 saturated heterocycles. The second-order valence-corrected chi connectivity index (χ2v) is 6.41. The molecule has 1 N–H and O–H groups in total. The Hall–Kier alpha value is -2.87. The third kappa shape index (κ3) is 5.32. The van der Waals surface area contributed by atoms with Crippen molar-refractivity contribution >= 4 is 5.91 Å². The maximum atomic E-state index is 12.4. The van der Waals surface area contributed by atoms with Crippen LogP contribution < -0.4 is 19.5 Å². The smallest absolute Gasteiger partial charge is 0.387 e. The molecule has 0 bridgehead atoms. The zero-order valence-corrected chi connectivity index (χ0v) is 15.7. The highest BCUT2D eigenvalue weighted by Gasteiger charge is 2.39. The summed E-state index contributed by atoms with van der Waals surface area (Å²) in [6, 6.07) is 11.7. The van der Waals surface area contributed by atoms with Crippen LogP contribution in [0.1, 0.15) is 11.1 Å². The lowest BCUT2D eigenvalue weighted by molar-refractivity contribution is -0.121. The molecule has 0 saturated carbocycles. The number of alkyl halides is 2. The van der Waals surface area contributed by atoms with Crippen LogP contribution in [-0.4, -0.2) is 44.2 Å². The van der Waals surface area contributed by atoms with Gasteiger partial charge in [-0.1, -0.05) is 12.1 Å². The summed E-state index contributed by atoms with van der Waals surface area (Å²) in [5, 5.41) is 2.90. The molecule has 0 aromatic heterocycles. The standard InChI is InChI=1S/C20H22F2N2O4/c1-26-16-7-14(8-17(9-16)27-2)10-23-19(25)18-12-24(18)11-13-4-3-5-15(6-13)28-20(21)22/h3-9,18,20H,10-12H2,1-2H3,(H,23,25). The van der Waals surface area contributed by atoms with Crippen LogP contribution in [0.2, 0.25) is 0 Å². The number of methoxy groups -OCH3 is 2. The molecular formula is C20H22F2N2O4. The van der Waals surface area contributed by atoms with Crippen molar-refractivity contribution in [2.24, 2.45) is 0 Å². The van der Waals surface area contributed by atoms with E-state index in [0.29, 0.717) is 31.1 Å². The summed E-state index contributed by atoms with van der Waals surface area (Å²) in [6.45, 7) is -1.39. The molecule has 1 fully saturated rings. The minimum Gasteiger partial charge on any atom is -0.497 e. The quantitative estimate of drug-likeness (QED) is 0.665. The highest BCUT2D eigenvalue weighted by Crippen LogP contribution is 2.25. The van der Waals surface area contributed by atoms with Crippen LogP contribution in [0.15, 0.2) is 42.5 Å². The first-order valence-electron chi connectivity index (χ1n) is 8.76. The van der Waals surface area contributed by atoms with Crippen LogP contribution in [0.25, 0.3) is 0 Å². The van der Waals surface area contributed by atoms with Gasteiger partial charge in [0.15, 0.2) is 0 Å². The average molecular weight is 392 g/mol. The van der Waals surface area contributed by atoms with Crippen LogP contribution in [0.4, 0.5) is 8.78 Å². The lowest BCUT2D eigenvalue weighted by Crippen LogP contribution is -2.29.